The van der Waals surface area contributed by atoms with E-state index in [1.165, 1.54) is 0 Å². The molecule has 0 aromatic heterocycles. The van der Waals surface area contributed by atoms with Crippen molar-refractivity contribution in [3.63, 3.8) is 0 Å². The Balaban J connectivity index is 2.98. The normalized spacial score (nSPS) is 12.9. The summed E-state index contributed by atoms with van der Waals surface area (Å²) in [5.74, 6) is 0. The minimum absolute atomic E-state index is 0.187. The largest absolute Gasteiger partial charge is 0.383 e. The minimum Gasteiger partial charge on any atom is -0.383 e. The summed E-state index contributed by atoms with van der Waals surface area (Å²) < 4.78 is 5.88. The maximum atomic E-state index is 5.99. The van der Waals surface area contributed by atoms with Crippen LogP contribution in [0.3, 0.4) is 0 Å². The van der Waals surface area contributed by atoms with Gasteiger partial charge in [-0.15, -0.1) is 0 Å². The van der Waals surface area contributed by atoms with Crippen LogP contribution in [0.5, 0.6) is 0 Å². The van der Waals surface area contributed by atoms with Gasteiger partial charge in [0.15, 0.2) is 0 Å². The predicted octanol–water partition coefficient (Wildman–Crippen LogP) is 2.75. The molecule has 1 rings (SSSR count). The van der Waals surface area contributed by atoms with Crippen LogP contribution in [0.2, 0.25) is 5.02 Å². The van der Waals surface area contributed by atoms with E-state index in [9.17, 15) is 0 Å². The van der Waals surface area contributed by atoms with Crippen LogP contribution >= 0.6 is 27.5 Å². The zero-order valence-electron chi connectivity index (χ0n) is 7.26. The van der Waals surface area contributed by atoms with Crippen molar-refractivity contribution in [2.45, 2.75) is 6.04 Å². The first-order valence-electron chi connectivity index (χ1n) is 3.85. The molecule has 1 aromatic carbocycles. The Morgan fingerprint density at radius 2 is 2.31 bits per heavy atom. The molecule has 2 nitrogen and oxygen atoms in total. The third-order valence-corrected chi connectivity index (χ3v) is 2.74. The van der Waals surface area contributed by atoms with E-state index in [1.54, 1.807) is 7.11 Å². The van der Waals surface area contributed by atoms with Crippen molar-refractivity contribution in [1.29, 1.82) is 0 Å². The van der Waals surface area contributed by atoms with Gasteiger partial charge in [-0.1, -0.05) is 33.6 Å². The number of hydrogen-bond donors (Lipinski definition) is 1. The van der Waals surface area contributed by atoms with Crippen LogP contribution in [-0.2, 0) is 4.74 Å². The number of methoxy groups -OCH3 is 1. The fourth-order valence-corrected chi connectivity index (χ4v) is 2.22. The van der Waals surface area contributed by atoms with E-state index in [0.717, 1.165) is 10.0 Å². The Labute approximate surface area is 91.2 Å². The van der Waals surface area contributed by atoms with Crippen molar-refractivity contribution in [1.82, 2.24) is 0 Å². The second-order valence-electron chi connectivity index (χ2n) is 2.70. The summed E-state index contributed by atoms with van der Waals surface area (Å²) in [5, 5.41) is 0.666. The maximum absolute atomic E-state index is 5.99. The Hall–Kier alpha value is -0.0900. The summed E-state index contributed by atoms with van der Waals surface area (Å²) in [6.07, 6.45) is 0. The molecular weight excluding hydrogens is 253 g/mol. The molecule has 0 aliphatic carbocycles. The molecule has 4 heteroatoms. The van der Waals surface area contributed by atoms with Crippen molar-refractivity contribution in [2.75, 3.05) is 13.7 Å². The second kappa shape index (κ2) is 4.96. The van der Waals surface area contributed by atoms with Gasteiger partial charge < -0.3 is 10.5 Å². The van der Waals surface area contributed by atoms with Crippen LogP contribution in [-0.4, -0.2) is 13.7 Å². The average molecular weight is 265 g/mol. The molecule has 0 saturated carbocycles. The van der Waals surface area contributed by atoms with Crippen LogP contribution in [0.25, 0.3) is 0 Å². The highest BCUT2D eigenvalue weighted by molar-refractivity contribution is 9.10. The molecule has 2 N–H and O–H groups in total. The summed E-state index contributed by atoms with van der Waals surface area (Å²) in [5.41, 5.74) is 6.76. The number of rotatable bonds is 3. The standard InChI is InChI=1S/C9H11BrClNO/c1-13-5-8(12)9-6(10)3-2-4-7(9)11/h2-4,8H,5,12H2,1H3/t8-/m1/s1. The third-order valence-electron chi connectivity index (χ3n) is 1.72. The molecule has 1 atom stereocenters. The lowest BCUT2D eigenvalue weighted by molar-refractivity contribution is 0.180. The van der Waals surface area contributed by atoms with Gasteiger partial charge in [-0.2, -0.15) is 0 Å². The lowest BCUT2D eigenvalue weighted by Gasteiger charge is -2.14. The molecule has 0 aliphatic heterocycles. The summed E-state index contributed by atoms with van der Waals surface area (Å²) in [6, 6.07) is 5.41. The first kappa shape index (κ1) is 11.0. The lowest BCUT2D eigenvalue weighted by atomic mass is 10.1. The number of ether oxygens (including phenoxy) is 1. The molecule has 0 bridgehead atoms. The van der Waals surface area contributed by atoms with Gasteiger partial charge in [-0.25, -0.2) is 0 Å². The van der Waals surface area contributed by atoms with E-state index < -0.39 is 0 Å². The van der Waals surface area contributed by atoms with E-state index in [-0.39, 0.29) is 6.04 Å². The summed E-state index contributed by atoms with van der Waals surface area (Å²) >= 11 is 9.39. The molecule has 0 radical (unpaired) electrons. The van der Waals surface area contributed by atoms with Gasteiger partial charge in [-0.05, 0) is 12.1 Å². The monoisotopic (exact) mass is 263 g/mol. The molecule has 0 fully saturated rings. The molecule has 0 amide bonds. The number of nitrogens with two attached hydrogens (primary N) is 1. The van der Waals surface area contributed by atoms with Crippen LogP contribution in [0.15, 0.2) is 22.7 Å². The number of hydrogen-bond acceptors (Lipinski definition) is 2. The van der Waals surface area contributed by atoms with E-state index in [0.29, 0.717) is 11.6 Å². The Morgan fingerprint density at radius 3 is 2.85 bits per heavy atom. The van der Waals surface area contributed by atoms with Gasteiger partial charge in [0.2, 0.25) is 0 Å². The molecule has 0 heterocycles. The van der Waals surface area contributed by atoms with Crippen LogP contribution < -0.4 is 5.73 Å². The Bertz CT molecular complexity index is 273. The Kier molecular flexibility index (Phi) is 4.19. The first-order chi connectivity index (χ1) is 6.16. The van der Waals surface area contributed by atoms with E-state index in [1.807, 2.05) is 18.2 Å². The first-order valence-corrected chi connectivity index (χ1v) is 5.02. The predicted molar refractivity (Wildman–Crippen MR) is 58.0 cm³/mol. The van der Waals surface area contributed by atoms with Gasteiger partial charge in [0.1, 0.15) is 0 Å². The Morgan fingerprint density at radius 1 is 1.62 bits per heavy atom. The number of halogens is 2. The van der Waals surface area contributed by atoms with Gasteiger partial charge in [-0.3, -0.25) is 0 Å². The van der Waals surface area contributed by atoms with E-state index >= 15 is 0 Å². The third kappa shape index (κ3) is 2.68. The molecule has 0 unspecified atom stereocenters. The fraction of sp³-hybridized carbons (Fsp3) is 0.333. The van der Waals surface area contributed by atoms with Crippen molar-refractivity contribution in [3.8, 4) is 0 Å². The highest BCUT2D eigenvalue weighted by Gasteiger charge is 2.12. The van der Waals surface area contributed by atoms with Crippen molar-refractivity contribution < 1.29 is 4.74 Å². The summed E-state index contributed by atoms with van der Waals surface area (Å²) in [4.78, 5) is 0. The van der Waals surface area contributed by atoms with Crippen LogP contribution in [0.1, 0.15) is 11.6 Å². The molecule has 0 aliphatic rings. The summed E-state index contributed by atoms with van der Waals surface area (Å²) in [6.45, 7) is 0.461. The summed E-state index contributed by atoms with van der Waals surface area (Å²) in [7, 11) is 1.62. The van der Waals surface area contributed by atoms with Crippen molar-refractivity contribution in [2.24, 2.45) is 5.73 Å². The maximum Gasteiger partial charge on any atom is 0.0656 e. The van der Waals surface area contributed by atoms with Gasteiger partial charge >= 0.3 is 0 Å². The van der Waals surface area contributed by atoms with E-state index in [4.69, 9.17) is 22.1 Å². The van der Waals surface area contributed by atoms with Gasteiger partial charge in [0.25, 0.3) is 0 Å². The molecule has 0 spiro atoms. The molecule has 1 aromatic rings. The SMILES string of the molecule is COC[C@@H](N)c1c(Cl)cccc1Br. The van der Waals surface area contributed by atoms with Crippen LogP contribution in [0.4, 0.5) is 0 Å². The zero-order chi connectivity index (χ0) is 9.84. The minimum atomic E-state index is -0.187. The number of benzene rings is 1. The average Bonchev–Trinajstić information content (AvgIpc) is 2.04. The quantitative estimate of drug-likeness (QED) is 0.911. The van der Waals surface area contributed by atoms with Crippen molar-refractivity contribution in [3.05, 3.63) is 33.3 Å². The second-order valence-corrected chi connectivity index (χ2v) is 3.96. The van der Waals surface area contributed by atoms with Crippen LogP contribution in [0, 0.1) is 0 Å². The highest BCUT2D eigenvalue weighted by atomic mass is 79.9. The smallest absolute Gasteiger partial charge is 0.0656 e. The van der Waals surface area contributed by atoms with Gasteiger partial charge in [0.05, 0.1) is 12.6 Å². The molecule has 72 valence electrons. The van der Waals surface area contributed by atoms with Gasteiger partial charge in [0, 0.05) is 22.2 Å². The highest BCUT2D eigenvalue weighted by Crippen LogP contribution is 2.29. The fourth-order valence-electron chi connectivity index (χ4n) is 1.13. The zero-order valence-corrected chi connectivity index (χ0v) is 9.60. The topological polar surface area (TPSA) is 35.2 Å². The van der Waals surface area contributed by atoms with E-state index in [2.05, 4.69) is 15.9 Å². The molecular formula is C9H11BrClNO. The van der Waals surface area contributed by atoms with Crippen molar-refractivity contribution >= 4 is 27.5 Å². The lowest BCUT2D eigenvalue weighted by Crippen LogP contribution is -2.17. The molecule has 13 heavy (non-hydrogen) atoms. The molecule has 0 saturated heterocycles.